The molecule has 0 amide bonds. The van der Waals surface area contributed by atoms with Crippen LogP contribution in [0.5, 0.6) is 0 Å². The van der Waals surface area contributed by atoms with Gasteiger partial charge in [0.15, 0.2) is 0 Å². The third-order valence-electron chi connectivity index (χ3n) is 1.77. The van der Waals surface area contributed by atoms with E-state index in [-0.39, 0.29) is 12.2 Å². The molecule has 9 heteroatoms. The predicted octanol–water partition coefficient (Wildman–Crippen LogP) is -0.801. The molecule has 9 nitrogen and oxygen atoms in total. The van der Waals surface area contributed by atoms with Gasteiger partial charge in [-0.1, -0.05) is 0 Å². The number of aromatic nitrogens is 3. The highest BCUT2D eigenvalue weighted by Crippen LogP contribution is 1.93. The van der Waals surface area contributed by atoms with Crippen LogP contribution in [0.15, 0.2) is 14.7 Å². The molecule has 98 valence electrons. The van der Waals surface area contributed by atoms with Crippen molar-refractivity contribution in [3.05, 3.63) is 20.8 Å². The number of nitrogens with zero attached hydrogens (tertiary/aromatic N) is 2. The van der Waals surface area contributed by atoms with E-state index in [1.165, 1.54) is 0 Å². The lowest BCUT2D eigenvalue weighted by Gasteiger charge is -2.02. The Kier molecular flexibility index (Phi) is 4.78. The van der Waals surface area contributed by atoms with E-state index >= 15 is 0 Å². The number of carbonyl (C=O) groups is 1. The van der Waals surface area contributed by atoms with E-state index in [1.54, 1.807) is 13.8 Å². The molecule has 0 saturated carbocycles. The second-order valence-corrected chi connectivity index (χ2v) is 3.30. The van der Waals surface area contributed by atoms with Crippen molar-refractivity contribution in [2.24, 2.45) is 5.10 Å². The highest BCUT2D eigenvalue weighted by atomic mass is 16.5. The molecule has 18 heavy (non-hydrogen) atoms. The van der Waals surface area contributed by atoms with Crippen LogP contribution in [-0.4, -0.2) is 33.5 Å². The number of aromatic amines is 2. The molecule has 0 aliphatic rings. The standard InChI is InChI=1S/C9H13N5O4/c1-3-18-6(15)4-5(2)11-12-7-8(16)10-9(17)14-13-7/h3-4H2,1-2H3,(H,12,13)(H2,10,14,16,17)/b11-5+. The molecule has 0 spiro atoms. The van der Waals surface area contributed by atoms with E-state index in [0.717, 1.165) is 0 Å². The first-order valence-corrected chi connectivity index (χ1v) is 5.16. The van der Waals surface area contributed by atoms with E-state index in [1.807, 2.05) is 10.1 Å². The first-order valence-electron chi connectivity index (χ1n) is 5.16. The summed E-state index contributed by atoms with van der Waals surface area (Å²) in [6.07, 6.45) is 0.00208. The second-order valence-electron chi connectivity index (χ2n) is 3.30. The van der Waals surface area contributed by atoms with E-state index in [2.05, 4.69) is 15.6 Å². The Balaban J connectivity index is 2.65. The summed E-state index contributed by atoms with van der Waals surface area (Å²) >= 11 is 0. The van der Waals surface area contributed by atoms with Crippen LogP contribution in [0, 0.1) is 0 Å². The van der Waals surface area contributed by atoms with Gasteiger partial charge in [-0.05, 0) is 13.8 Å². The molecule has 1 aromatic heterocycles. The average Bonchev–Trinajstić information content (AvgIpc) is 2.28. The lowest BCUT2D eigenvalue weighted by molar-refractivity contribution is -0.141. The quantitative estimate of drug-likeness (QED) is 0.359. The largest absolute Gasteiger partial charge is 0.466 e. The third-order valence-corrected chi connectivity index (χ3v) is 1.77. The number of anilines is 1. The van der Waals surface area contributed by atoms with Gasteiger partial charge in [-0.2, -0.15) is 5.10 Å². The highest BCUT2D eigenvalue weighted by molar-refractivity contribution is 5.97. The van der Waals surface area contributed by atoms with Crippen molar-refractivity contribution in [3.8, 4) is 0 Å². The third kappa shape index (κ3) is 4.20. The van der Waals surface area contributed by atoms with Crippen molar-refractivity contribution < 1.29 is 9.53 Å². The smallest absolute Gasteiger partial charge is 0.342 e. The molecular weight excluding hydrogens is 242 g/mol. The number of rotatable bonds is 5. The Bertz CT molecular complexity index is 559. The Hall–Kier alpha value is -2.45. The molecule has 0 fully saturated rings. The maximum absolute atomic E-state index is 11.2. The molecule has 0 bridgehead atoms. The summed E-state index contributed by atoms with van der Waals surface area (Å²) in [6, 6.07) is 0. The van der Waals surface area contributed by atoms with E-state index in [4.69, 9.17) is 4.74 Å². The molecule has 0 atom stereocenters. The van der Waals surface area contributed by atoms with Crippen LogP contribution in [0.4, 0.5) is 5.82 Å². The van der Waals surface area contributed by atoms with Crippen LogP contribution in [0.25, 0.3) is 0 Å². The minimum atomic E-state index is -0.710. The zero-order chi connectivity index (χ0) is 13.5. The minimum Gasteiger partial charge on any atom is -0.466 e. The van der Waals surface area contributed by atoms with Gasteiger partial charge in [0, 0.05) is 5.71 Å². The highest BCUT2D eigenvalue weighted by Gasteiger charge is 2.05. The number of esters is 1. The van der Waals surface area contributed by atoms with Crippen LogP contribution >= 0.6 is 0 Å². The fourth-order valence-electron chi connectivity index (χ4n) is 1.03. The lowest BCUT2D eigenvalue weighted by atomic mass is 10.3. The Morgan fingerprint density at radius 2 is 2.22 bits per heavy atom. The maximum Gasteiger partial charge on any atom is 0.342 e. The topological polar surface area (TPSA) is 129 Å². The summed E-state index contributed by atoms with van der Waals surface area (Å²) < 4.78 is 4.73. The van der Waals surface area contributed by atoms with Crippen molar-refractivity contribution >= 4 is 17.5 Å². The molecule has 1 heterocycles. The first kappa shape index (κ1) is 13.6. The second kappa shape index (κ2) is 6.33. The summed E-state index contributed by atoms with van der Waals surface area (Å²) in [5.41, 5.74) is 1.35. The summed E-state index contributed by atoms with van der Waals surface area (Å²) in [7, 11) is 0. The molecule has 0 aliphatic heterocycles. The monoisotopic (exact) mass is 255 g/mol. The number of hydrogen-bond acceptors (Lipinski definition) is 7. The van der Waals surface area contributed by atoms with Gasteiger partial charge < -0.3 is 4.74 Å². The van der Waals surface area contributed by atoms with Gasteiger partial charge in [-0.25, -0.2) is 9.89 Å². The molecular formula is C9H13N5O4. The SMILES string of the molecule is CCOC(=O)C/C(C)=N/Nc1n[nH]c(=O)[nH]c1=O. The van der Waals surface area contributed by atoms with Gasteiger partial charge in [-0.3, -0.25) is 20.0 Å². The summed E-state index contributed by atoms with van der Waals surface area (Å²) in [4.78, 5) is 35.0. The van der Waals surface area contributed by atoms with Gasteiger partial charge in [-0.15, -0.1) is 5.10 Å². The minimum absolute atomic E-state index is 0.00208. The zero-order valence-corrected chi connectivity index (χ0v) is 9.94. The van der Waals surface area contributed by atoms with E-state index in [0.29, 0.717) is 12.3 Å². The predicted molar refractivity (Wildman–Crippen MR) is 63.5 cm³/mol. The molecule has 0 radical (unpaired) electrons. The molecule has 0 aliphatic carbocycles. The van der Waals surface area contributed by atoms with E-state index in [9.17, 15) is 14.4 Å². The molecule has 3 N–H and O–H groups in total. The molecule has 1 aromatic rings. The maximum atomic E-state index is 11.2. The van der Waals surface area contributed by atoms with Crippen LogP contribution in [0.3, 0.4) is 0 Å². The Morgan fingerprint density at radius 3 is 2.83 bits per heavy atom. The van der Waals surface area contributed by atoms with Gasteiger partial charge in [0.05, 0.1) is 13.0 Å². The van der Waals surface area contributed by atoms with Crippen LogP contribution in [0.1, 0.15) is 20.3 Å². The molecule has 0 aromatic carbocycles. The van der Waals surface area contributed by atoms with Gasteiger partial charge >= 0.3 is 11.7 Å². The van der Waals surface area contributed by atoms with Crippen LogP contribution < -0.4 is 16.7 Å². The fourth-order valence-corrected chi connectivity index (χ4v) is 1.03. The number of nitrogens with one attached hydrogen (secondary N) is 3. The van der Waals surface area contributed by atoms with Crippen molar-refractivity contribution in [2.45, 2.75) is 20.3 Å². The average molecular weight is 255 g/mol. The number of carbonyl (C=O) groups excluding carboxylic acids is 1. The first-order chi connectivity index (χ1) is 8.52. The van der Waals surface area contributed by atoms with Crippen molar-refractivity contribution in [1.29, 1.82) is 0 Å². The Labute approximate surface area is 101 Å². The van der Waals surface area contributed by atoms with Gasteiger partial charge in [0.25, 0.3) is 5.56 Å². The Morgan fingerprint density at radius 1 is 1.50 bits per heavy atom. The number of H-pyrrole nitrogens is 2. The van der Waals surface area contributed by atoms with Gasteiger partial charge in [0.2, 0.25) is 5.82 Å². The van der Waals surface area contributed by atoms with Crippen LogP contribution in [-0.2, 0) is 9.53 Å². The van der Waals surface area contributed by atoms with Crippen molar-refractivity contribution in [3.63, 3.8) is 0 Å². The summed E-state index contributed by atoms with van der Waals surface area (Å²) in [5.74, 6) is -0.582. The zero-order valence-electron chi connectivity index (χ0n) is 9.94. The molecule has 0 saturated heterocycles. The number of ether oxygens (including phenoxy) is 1. The van der Waals surface area contributed by atoms with Crippen LogP contribution in [0.2, 0.25) is 0 Å². The molecule has 1 rings (SSSR count). The van der Waals surface area contributed by atoms with Crippen molar-refractivity contribution in [1.82, 2.24) is 15.2 Å². The fraction of sp³-hybridized carbons (Fsp3) is 0.444. The number of hydrogen-bond donors (Lipinski definition) is 3. The molecule has 0 unspecified atom stereocenters. The van der Waals surface area contributed by atoms with Crippen molar-refractivity contribution in [2.75, 3.05) is 12.0 Å². The normalized spacial score (nSPS) is 11.1. The number of hydrazone groups is 1. The lowest BCUT2D eigenvalue weighted by Crippen LogP contribution is -2.26. The summed E-state index contributed by atoms with van der Waals surface area (Å²) in [5, 5.41) is 9.26. The van der Waals surface area contributed by atoms with Gasteiger partial charge in [0.1, 0.15) is 0 Å². The van der Waals surface area contributed by atoms with E-state index < -0.39 is 17.2 Å². The summed E-state index contributed by atoms with van der Waals surface area (Å²) in [6.45, 7) is 3.58.